The number of aromatic nitrogens is 2. The van der Waals surface area contributed by atoms with Crippen molar-refractivity contribution in [2.45, 2.75) is 6.54 Å². The van der Waals surface area contributed by atoms with Gasteiger partial charge in [-0.2, -0.15) is 0 Å². The third kappa shape index (κ3) is 4.64. The molecule has 126 valence electrons. The van der Waals surface area contributed by atoms with Crippen molar-refractivity contribution in [2.75, 3.05) is 5.75 Å². The molecule has 1 aromatic carbocycles. The van der Waals surface area contributed by atoms with Crippen molar-refractivity contribution in [2.24, 2.45) is 10.7 Å². The largest absolute Gasteiger partial charge is 0.396 e. The fourth-order valence-electron chi connectivity index (χ4n) is 2.21. The monoisotopic (exact) mass is 352 g/mol. The molecule has 0 amide bonds. The summed E-state index contributed by atoms with van der Waals surface area (Å²) in [5.74, 6) is 1.04. The Hall–Kier alpha value is -2.73. The molecule has 1 aliphatic heterocycles. The summed E-state index contributed by atoms with van der Waals surface area (Å²) >= 11 is 1.66. The van der Waals surface area contributed by atoms with Crippen LogP contribution in [-0.4, -0.2) is 21.4 Å². The van der Waals surface area contributed by atoms with Crippen molar-refractivity contribution < 1.29 is 4.39 Å². The first-order chi connectivity index (χ1) is 12.2. The van der Waals surface area contributed by atoms with Gasteiger partial charge in [-0.15, -0.1) is 11.8 Å². The molecule has 3 rings (SSSR count). The minimum absolute atomic E-state index is 0.239. The van der Waals surface area contributed by atoms with Crippen LogP contribution in [0.2, 0.25) is 0 Å². The van der Waals surface area contributed by atoms with E-state index in [1.165, 1.54) is 6.07 Å². The molecule has 0 aliphatic carbocycles. The van der Waals surface area contributed by atoms with Gasteiger partial charge in [-0.3, -0.25) is 4.99 Å². The Balaban J connectivity index is 1.93. The van der Waals surface area contributed by atoms with Crippen LogP contribution in [0.15, 0.2) is 76.9 Å². The first-order valence-corrected chi connectivity index (χ1v) is 8.75. The molecule has 0 spiro atoms. The van der Waals surface area contributed by atoms with E-state index in [1.807, 2.05) is 12.2 Å². The highest BCUT2D eigenvalue weighted by Gasteiger charge is 2.10. The molecule has 1 aliphatic rings. The lowest BCUT2D eigenvalue weighted by Crippen LogP contribution is -2.07. The van der Waals surface area contributed by atoms with E-state index in [4.69, 9.17) is 5.73 Å². The number of halogens is 1. The number of rotatable bonds is 5. The molecule has 2 N–H and O–H groups in total. The third-order valence-corrected chi connectivity index (χ3v) is 4.48. The average Bonchev–Trinajstić information content (AvgIpc) is 2.67. The molecule has 0 atom stereocenters. The van der Waals surface area contributed by atoms with Crippen molar-refractivity contribution in [3.05, 3.63) is 89.1 Å². The summed E-state index contributed by atoms with van der Waals surface area (Å²) in [6, 6.07) is 8.36. The van der Waals surface area contributed by atoms with Crippen molar-refractivity contribution in [1.82, 2.24) is 9.97 Å². The van der Waals surface area contributed by atoms with E-state index in [0.29, 0.717) is 22.8 Å². The topological polar surface area (TPSA) is 64.2 Å². The van der Waals surface area contributed by atoms with Crippen LogP contribution in [0.1, 0.15) is 11.4 Å². The van der Waals surface area contributed by atoms with Gasteiger partial charge in [0.2, 0.25) is 0 Å². The van der Waals surface area contributed by atoms with Gasteiger partial charge in [0.25, 0.3) is 0 Å². The molecule has 0 fully saturated rings. The SMILES string of the molecule is NC(=CC(=NCc1ccccc1F)C1=CC=CCS1)c1ncccn1. The molecule has 2 heterocycles. The maximum Gasteiger partial charge on any atom is 0.175 e. The van der Waals surface area contributed by atoms with E-state index in [0.717, 1.165) is 10.7 Å². The van der Waals surface area contributed by atoms with Crippen molar-refractivity contribution in [1.29, 1.82) is 0 Å². The zero-order valence-electron chi connectivity index (χ0n) is 13.5. The standard InChI is InChI=1S/C19H17FN4S/c20-15-7-2-1-6-14(15)13-24-17(18-8-3-4-11-25-18)12-16(21)19-22-9-5-10-23-19/h1-10,12H,11,13,21H2. The summed E-state index contributed by atoms with van der Waals surface area (Å²) in [5.41, 5.74) is 7.79. The Morgan fingerprint density at radius 2 is 2.04 bits per heavy atom. The van der Waals surface area contributed by atoms with E-state index in [9.17, 15) is 4.39 Å². The second kappa shape index (κ2) is 8.39. The molecule has 0 unspecified atom stereocenters. The number of thioether (sulfide) groups is 1. The number of aliphatic imine (C=N–C) groups is 1. The van der Waals surface area contributed by atoms with Crippen LogP contribution >= 0.6 is 11.8 Å². The van der Waals surface area contributed by atoms with Gasteiger partial charge >= 0.3 is 0 Å². The van der Waals surface area contributed by atoms with Gasteiger partial charge in [0.05, 0.1) is 18.0 Å². The van der Waals surface area contributed by atoms with Gasteiger partial charge in [0, 0.05) is 28.6 Å². The first-order valence-electron chi connectivity index (χ1n) is 7.76. The van der Waals surface area contributed by atoms with Crippen LogP contribution in [0.25, 0.3) is 5.70 Å². The summed E-state index contributed by atoms with van der Waals surface area (Å²) < 4.78 is 13.8. The smallest absolute Gasteiger partial charge is 0.175 e. The second-order valence-electron chi connectivity index (χ2n) is 5.24. The molecule has 2 aromatic rings. The van der Waals surface area contributed by atoms with Gasteiger partial charge < -0.3 is 5.73 Å². The van der Waals surface area contributed by atoms with Gasteiger partial charge in [-0.05, 0) is 24.3 Å². The third-order valence-electron chi connectivity index (χ3n) is 3.46. The van der Waals surface area contributed by atoms with Crippen molar-refractivity contribution >= 4 is 23.2 Å². The average molecular weight is 352 g/mol. The molecule has 6 heteroatoms. The highest BCUT2D eigenvalue weighted by Crippen LogP contribution is 2.23. The van der Waals surface area contributed by atoms with Gasteiger partial charge in [0.15, 0.2) is 5.82 Å². The summed E-state index contributed by atoms with van der Waals surface area (Å²) in [6.07, 6.45) is 11.0. The minimum atomic E-state index is -0.265. The van der Waals surface area contributed by atoms with Crippen LogP contribution in [0.4, 0.5) is 4.39 Å². The Bertz CT molecular complexity index is 857. The van der Waals surface area contributed by atoms with Gasteiger partial charge in [-0.1, -0.05) is 30.4 Å². The molecular formula is C19H17FN4S. The molecule has 4 nitrogen and oxygen atoms in total. The summed E-state index contributed by atoms with van der Waals surface area (Å²) in [4.78, 5) is 13.9. The first kappa shape index (κ1) is 17.1. The quantitative estimate of drug-likeness (QED) is 0.833. The van der Waals surface area contributed by atoms with Crippen molar-refractivity contribution in [3.63, 3.8) is 0 Å². The van der Waals surface area contributed by atoms with E-state index < -0.39 is 0 Å². The lowest BCUT2D eigenvalue weighted by molar-refractivity contribution is 0.611. The molecule has 0 saturated carbocycles. The molecule has 0 saturated heterocycles. The fourth-order valence-corrected chi connectivity index (χ4v) is 3.04. The molecule has 25 heavy (non-hydrogen) atoms. The number of nitrogens with two attached hydrogens (primary N) is 1. The van der Waals surface area contributed by atoms with Crippen LogP contribution in [0, 0.1) is 5.82 Å². The number of hydrogen-bond acceptors (Lipinski definition) is 5. The predicted molar refractivity (Wildman–Crippen MR) is 101 cm³/mol. The van der Waals surface area contributed by atoms with E-state index >= 15 is 0 Å². The maximum absolute atomic E-state index is 13.8. The highest BCUT2D eigenvalue weighted by atomic mass is 32.2. The maximum atomic E-state index is 13.8. The lowest BCUT2D eigenvalue weighted by atomic mass is 10.2. The van der Waals surface area contributed by atoms with Gasteiger partial charge in [0.1, 0.15) is 5.82 Å². The second-order valence-corrected chi connectivity index (χ2v) is 6.30. The number of nitrogens with zero attached hydrogens (tertiary/aromatic N) is 3. The van der Waals surface area contributed by atoms with Gasteiger partial charge in [-0.25, -0.2) is 14.4 Å². The zero-order chi connectivity index (χ0) is 17.5. The van der Waals surface area contributed by atoms with Crippen molar-refractivity contribution in [3.8, 4) is 0 Å². The number of hydrogen-bond donors (Lipinski definition) is 1. The Labute approximate surface area is 150 Å². The van der Waals surface area contributed by atoms with E-state index in [1.54, 1.807) is 54.5 Å². The Morgan fingerprint density at radius 1 is 1.24 bits per heavy atom. The Kier molecular flexibility index (Phi) is 5.74. The minimum Gasteiger partial charge on any atom is -0.396 e. The molecule has 0 radical (unpaired) electrons. The zero-order valence-corrected chi connectivity index (χ0v) is 14.3. The van der Waals surface area contributed by atoms with Crippen LogP contribution in [0.5, 0.6) is 0 Å². The van der Waals surface area contributed by atoms with Crippen LogP contribution < -0.4 is 5.73 Å². The summed E-state index contributed by atoms with van der Waals surface area (Å²) in [6.45, 7) is 0.239. The number of allylic oxidation sites excluding steroid dienone is 4. The number of benzene rings is 1. The Morgan fingerprint density at radius 3 is 2.76 bits per heavy atom. The van der Waals surface area contributed by atoms with E-state index in [2.05, 4.69) is 21.0 Å². The van der Waals surface area contributed by atoms with Crippen LogP contribution in [-0.2, 0) is 6.54 Å². The highest BCUT2D eigenvalue weighted by molar-refractivity contribution is 8.04. The van der Waals surface area contributed by atoms with E-state index in [-0.39, 0.29) is 12.4 Å². The summed E-state index contributed by atoms with van der Waals surface area (Å²) in [7, 11) is 0. The lowest BCUT2D eigenvalue weighted by Gasteiger charge is -2.10. The summed E-state index contributed by atoms with van der Waals surface area (Å²) in [5, 5.41) is 0. The normalized spacial score (nSPS) is 15.2. The molecule has 0 bridgehead atoms. The molecule has 1 aromatic heterocycles. The molecular weight excluding hydrogens is 335 g/mol. The fraction of sp³-hybridized carbons (Fsp3) is 0.105. The van der Waals surface area contributed by atoms with Crippen LogP contribution in [0.3, 0.4) is 0 Å². The predicted octanol–water partition coefficient (Wildman–Crippen LogP) is 3.74.